The van der Waals surface area contributed by atoms with Gasteiger partial charge < -0.3 is 4.74 Å². The van der Waals surface area contributed by atoms with Crippen molar-refractivity contribution in [3.8, 4) is 5.75 Å². The molecule has 2 aromatic rings. The van der Waals surface area contributed by atoms with Crippen molar-refractivity contribution in [2.24, 2.45) is 0 Å². The molecule has 1 aliphatic rings. The normalized spacial score (nSPS) is 17.8. The summed E-state index contributed by atoms with van der Waals surface area (Å²) in [6.45, 7) is 2.26. The Balaban J connectivity index is 1.97. The summed E-state index contributed by atoms with van der Waals surface area (Å²) in [6, 6.07) is 11.6. The van der Waals surface area contributed by atoms with Crippen molar-refractivity contribution in [1.29, 1.82) is 0 Å². The Kier molecular flexibility index (Phi) is 2.82. The minimum Gasteiger partial charge on any atom is -0.492 e. The first kappa shape index (κ1) is 11.9. The van der Waals surface area contributed by atoms with E-state index >= 15 is 0 Å². The van der Waals surface area contributed by atoms with Gasteiger partial charge in [-0.15, -0.1) is 0 Å². The third-order valence-electron chi connectivity index (χ3n) is 3.40. The fourth-order valence-corrected chi connectivity index (χ4v) is 2.33. The van der Waals surface area contributed by atoms with E-state index in [2.05, 4.69) is 0 Å². The molecule has 2 aromatic carbocycles. The SMILES string of the molecule is Cc1ccc2c(c1)OCC(c1ccc(F)cc1)C2=O. The molecule has 1 unspecified atom stereocenters. The summed E-state index contributed by atoms with van der Waals surface area (Å²) in [4.78, 5) is 12.4. The average molecular weight is 256 g/mol. The third-order valence-corrected chi connectivity index (χ3v) is 3.40. The van der Waals surface area contributed by atoms with Crippen LogP contribution < -0.4 is 4.74 Å². The van der Waals surface area contributed by atoms with Gasteiger partial charge in [-0.3, -0.25) is 4.79 Å². The minimum atomic E-state index is -0.351. The maximum Gasteiger partial charge on any atom is 0.177 e. The first-order chi connectivity index (χ1) is 9.15. The van der Waals surface area contributed by atoms with Crippen molar-refractivity contribution in [1.82, 2.24) is 0 Å². The largest absolute Gasteiger partial charge is 0.492 e. The number of halogens is 1. The van der Waals surface area contributed by atoms with E-state index in [1.807, 2.05) is 19.1 Å². The summed E-state index contributed by atoms with van der Waals surface area (Å²) in [6.07, 6.45) is 0. The zero-order valence-corrected chi connectivity index (χ0v) is 10.5. The zero-order valence-electron chi connectivity index (χ0n) is 10.5. The van der Waals surface area contributed by atoms with Crippen molar-refractivity contribution in [2.75, 3.05) is 6.61 Å². The predicted octanol–water partition coefficient (Wildman–Crippen LogP) is 3.49. The number of ketones is 1. The van der Waals surface area contributed by atoms with Crippen LogP contribution in [0.2, 0.25) is 0 Å². The van der Waals surface area contributed by atoms with Crippen LogP contribution in [-0.4, -0.2) is 12.4 Å². The lowest BCUT2D eigenvalue weighted by molar-refractivity contribution is 0.0896. The van der Waals surface area contributed by atoms with E-state index in [4.69, 9.17) is 4.74 Å². The quantitative estimate of drug-likeness (QED) is 0.780. The molecule has 0 saturated heterocycles. The fourth-order valence-electron chi connectivity index (χ4n) is 2.33. The van der Waals surface area contributed by atoms with Crippen molar-refractivity contribution in [2.45, 2.75) is 12.8 Å². The van der Waals surface area contributed by atoms with Crippen LogP contribution in [-0.2, 0) is 0 Å². The Morgan fingerprint density at radius 2 is 1.89 bits per heavy atom. The van der Waals surface area contributed by atoms with Gasteiger partial charge in [-0.2, -0.15) is 0 Å². The summed E-state index contributed by atoms with van der Waals surface area (Å²) >= 11 is 0. The van der Waals surface area contributed by atoms with Crippen molar-refractivity contribution in [3.05, 3.63) is 65.0 Å². The molecular weight excluding hydrogens is 243 g/mol. The molecule has 0 bridgehead atoms. The molecule has 3 rings (SSSR count). The van der Waals surface area contributed by atoms with Gasteiger partial charge in [-0.25, -0.2) is 4.39 Å². The molecule has 0 fully saturated rings. The van der Waals surface area contributed by atoms with Crippen molar-refractivity contribution < 1.29 is 13.9 Å². The lowest BCUT2D eigenvalue weighted by atomic mass is 9.88. The van der Waals surface area contributed by atoms with Gasteiger partial charge in [0.15, 0.2) is 5.78 Å². The number of Topliss-reactive ketones (excluding diaryl/α,β-unsaturated/α-hetero) is 1. The number of benzene rings is 2. The van der Waals surface area contributed by atoms with Crippen LogP contribution in [0.5, 0.6) is 5.75 Å². The average Bonchev–Trinajstić information content (AvgIpc) is 2.40. The number of hydrogen-bond donors (Lipinski definition) is 0. The smallest absolute Gasteiger partial charge is 0.177 e. The highest BCUT2D eigenvalue weighted by molar-refractivity contribution is 6.04. The Labute approximate surface area is 110 Å². The van der Waals surface area contributed by atoms with Gasteiger partial charge in [0, 0.05) is 0 Å². The highest BCUT2D eigenvalue weighted by atomic mass is 19.1. The summed E-state index contributed by atoms with van der Waals surface area (Å²) in [7, 11) is 0. The van der Waals surface area contributed by atoms with E-state index in [0.717, 1.165) is 11.1 Å². The van der Waals surface area contributed by atoms with Crippen molar-refractivity contribution >= 4 is 5.78 Å². The Morgan fingerprint density at radius 1 is 1.16 bits per heavy atom. The first-order valence-corrected chi connectivity index (χ1v) is 6.18. The lowest BCUT2D eigenvalue weighted by Gasteiger charge is -2.24. The summed E-state index contributed by atoms with van der Waals surface area (Å²) in [5.41, 5.74) is 2.45. The van der Waals surface area contributed by atoms with Crippen LogP contribution in [0.4, 0.5) is 4.39 Å². The minimum absolute atomic E-state index is 0.0351. The highest BCUT2D eigenvalue weighted by Gasteiger charge is 2.29. The zero-order chi connectivity index (χ0) is 13.4. The van der Waals surface area contributed by atoms with Crippen LogP contribution in [0.1, 0.15) is 27.4 Å². The molecule has 1 heterocycles. The number of hydrogen-bond acceptors (Lipinski definition) is 2. The maximum absolute atomic E-state index is 12.9. The van der Waals surface area contributed by atoms with Crippen LogP contribution in [0.25, 0.3) is 0 Å². The van der Waals surface area contributed by atoms with E-state index in [0.29, 0.717) is 17.9 Å². The van der Waals surface area contributed by atoms with E-state index in [9.17, 15) is 9.18 Å². The van der Waals surface area contributed by atoms with Crippen LogP contribution in [0, 0.1) is 12.7 Å². The number of carbonyl (C=O) groups excluding carboxylic acids is 1. The number of aryl methyl sites for hydroxylation is 1. The Bertz CT molecular complexity index is 632. The number of fused-ring (bicyclic) bond motifs is 1. The summed E-state index contributed by atoms with van der Waals surface area (Å²) in [5.74, 6) is 0.0241. The third kappa shape index (κ3) is 2.12. The molecule has 0 spiro atoms. The van der Waals surface area contributed by atoms with Crippen LogP contribution >= 0.6 is 0 Å². The molecule has 0 radical (unpaired) electrons. The second kappa shape index (κ2) is 4.50. The molecular formula is C16H13FO2. The van der Waals surface area contributed by atoms with Gasteiger partial charge in [0.05, 0.1) is 11.5 Å². The Morgan fingerprint density at radius 3 is 2.63 bits per heavy atom. The van der Waals surface area contributed by atoms with E-state index in [-0.39, 0.29) is 17.5 Å². The number of carbonyl (C=O) groups is 1. The Hall–Kier alpha value is -2.16. The number of ether oxygens (including phenoxy) is 1. The molecule has 0 aliphatic carbocycles. The molecule has 96 valence electrons. The number of rotatable bonds is 1. The summed E-state index contributed by atoms with van der Waals surface area (Å²) < 4.78 is 18.6. The molecule has 19 heavy (non-hydrogen) atoms. The first-order valence-electron chi connectivity index (χ1n) is 6.18. The topological polar surface area (TPSA) is 26.3 Å². The standard InChI is InChI=1S/C16H13FO2/c1-10-2-7-13-15(8-10)19-9-14(16(13)18)11-3-5-12(17)6-4-11/h2-8,14H,9H2,1H3. The van der Waals surface area contributed by atoms with Gasteiger partial charge in [-0.05, 0) is 42.3 Å². The molecule has 1 atom stereocenters. The van der Waals surface area contributed by atoms with E-state index in [1.54, 1.807) is 18.2 Å². The molecule has 0 aromatic heterocycles. The highest BCUT2D eigenvalue weighted by Crippen LogP contribution is 2.33. The summed E-state index contributed by atoms with van der Waals surface area (Å²) in [5, 5.41) is 0. The molecule has 2 nitrogen and oxygen atoms in total. The van der Waals surface area contributed by atoms with E-state index in [1.165, 1.54) is 12.1 Å². The van der Waals surface area contributed by atoms with E-state index < -0.39 is 0 Å². The van der Waals surface area contributed by atoms with Gasteiger partial charge in [0.1, 0.15) is 18.2 Å². The van der Waals surface area contributed by atoms with Crippen molar-refractivity contribution in [3.63, 3.8) is 0 Å². The molecule has 0 amide bonds. The molecule has 3 heteroatoms. The second-order valence-corrected chi connectivity index (χ2v) is 4.78. The predicted molar refractivity (Wildman–Crippen MR) is 70.1 cm³/mol. The van der Waals surface area contributed by atoms with Gasteiger partial charge >= 0.3 is 0 Å². The van der Waals surface area contributed by atoms with Crippen LogP contribution in [0.15, 0.2) is 42.5 Å². The fraction of sp³-hybridized carbons (Fsp3) is 0.188. The molecule has 0 N–H and O–H groups in total. The molecule has 1 aliphatic heterocycles. The van der Waals surface area contributed by atoms with Gasteiger partial charge in [0.25, 0.3) is 0 Å². The maximum atomic E-state index is 12.9. The second-order valence-electron chi connectivity index (χ2n) is 4.78. The van der Waals surface area contributed by atoms with Gasteiger partial charge in [-0.1, -0.05) is 18.2 Å². The van der Waals surface area contributed by atoms with Gasteiger partial charge in [0.2, 0.25) is 0 Å². The molecule has 0 saturated carbocycles. The van der Waals surface area contributed by atoms with Crippen LogP contribution in [0.3, 0.4) is 0 Å². The lowest BCUT2D eigenvalue weighted by Crippen LogP contribution is -2.26. The monoisotopic (exact) mass is 256 g/mol.